The summed E-state index contributed by atoms with van der Waals surface area (Å²) in [5, 5.41) is 4.35. The highest BCUT2D eigenvalue weighted by Gasteiger charge is 2.05. The van der Waals surface area contributed by atoms with Crippen LogP contribution in [0.25, 0.3) is 22.3 Å². The molecule has 0 saturated heterocycles. The van der Waals surface area contributed by atoms with E-state index in [1.54, 1.807) is 24.1 Å². The highest BCUT2D eigenvalue weighted by atomic mass is 16.5. The molecule has 0 spiro atoms. The zero-order valence-electron chi connectivity index (χ0n) is 10.2. The van der Waals surface area contributed by atoms with Gasteiger partial charge in [0.15, 0.2) is 0 Å². The lowest BCUT2D eigenvalue weighted by atomic mass is 10.2. The highest BCUT2D eigenvalue weighted by Crippen LogP contribution is 2.21. The van der Waals surface area contributed by atoms with Crippen LogP contribution in [0.3, 0.4) is 0 Å². The number of fused-ring (bicyclic) bond motifs is 1. The second-order valence-electron chi connectivity index (χ2n) is 3.99. The van der Waals surface area contributed by atoms with Crippen LogP contribution in [0.4, 0.5) is 0 Å². The molecule has 3 rings (SSSR count). The molecular weight excluding hydrogens is 228 g/mol. The van der Waals surface area contributed by atoms with Crippen molar-refractivity contribution in [2.45, 2.75) is 0 Å². The van der Waals surface area contributed by atoms with Crippen molar-refractivity contribution >= 4 is 11.0 Å². The van der Waals surface area contributed by atoms with Gasteiger partial charge in [-0.2, -0.15) is 5.10 Å². The van der Waals surface area contributed by atoms with Crippen molar-refractivity contribution in [3.63, 3.8) is 0 Å². The lowest BCUT2D eigenvalue weighted by Crippen LogP contribution is -1.91. The van der Waals surface area contributed by atoms with Crippen molar-refractivity contribution in [1.29, 1.82) is 0 Å². The van der Waals surface area contributed by atoms with Gasteiger partial charge < -0.3 is 4.74 Å². The van der Waals surface area contributed by atoms with Crippen molar-refractivity contribution in [2.75, 3.05) is 7.11 Å². The van der Waals surface area contributed by atoms with Crippen LogP contribution in [-0.4, -0.2) is 26.9 Å². The van der Waals surface area contributed by atoms with Crippen molar-refractivity contribution < 1.29 is 4.74 Å². The number of hydrogen-bond acceptors (Lipinski definition) is 4. The van der Waals surface area contributed by atoms with Crippen LogP contribution in [-0.2, 0) is 7.05 Å². The van der Waals surface area contributed by atoms with Gasteiger partial charge in [-0.3, -0.25) is 9.67 Å². The summed E-state index contributed by atoms with van der Waals surface area (Å²) in [6.45, 7) is 0. The number of pyridine rings is 2. The summed E-state index contributed by atoms with van der Waals surface area (Å²) in [5.41, 5.74) is 3.48. The van der Waals surface area contributed by atoms with Crippen LogP contribution in [0, 0.1) is 0 Å². The first-order valence-corrected chi connectivity index (χ1v) is 5.57. The van der Waals surface area contributed by atoms with E-state index in [0.29, 0.717) is 5.88 Å². The van der Waals surface area contributed by atoms with Gasteiger partial charge in [0, 0.05) is 31.1 Å². The summed E-state index contributed by atoms with van der Waals surface area (Å²) in [5.74, 6) is 0.586. The molecular formula is C13H12N4O. The van der Waals surface area contributed by atoms with E-state index in [-0.39, 0.29) is 0 Å². The Morgan fingerprint density at radius 2 is 2.06 bits per heavy atom. The SMILES string of the molecule is COc1ccc2ncc(-c3ccn(C)n3)cc2n1. The number of aromatic nitrogens is 4. The van der Waals surface area contributed by atoms with Gasteiger partial charge in [0.2, 0.25) is 5.88 Å². The zero-order chi connectivity index (χ0) is 12.5. The van der Waals surface area contributed by atoms with Crippen molar-refractivity contribution in [3.05, 3.63) is 36.7 Å². The van der Waals surface area contributed by atoms with E-state index in [9.17, 15) is 0 Å². The maximum Gasteiger partial charge on any atom is 0.213 e. The van der Waals surface area contributed by atoms with E-state index >= 15 is 0 Å². The predicted octanol–water partition coefficient (Wildman–Crippen LogP) is 2.04. The number of methoxy groups -OCH3 is 1. The number of ether oxygens (including phenoxy) is 1. The summed E-state index contributed by atoms with van der Waals surface area (Å²) in [6, 6.07) is 7.61. The fraction of sp³-hybridized carbons (Fsp3) is 0.154. The molecule has 0 aromatic carbocycles. The molecule has 3 aromatic heterocycles. The third kappa shape index (κ3) is 1.79. The Bertz CT molecular complexity index is 705. The van der Waals surface area contributed by atoms with E-state index in [0.717, 1.165) is 22.3 Å². The predicted molar refractivity (Wildman–Crippen MR) is 68.3 cm³/mol. The molecule has 90 valence electrons. The molecule has 5 nitrogen and oxygen atoms in total. The summed E-state index contributed by atoms with van der Waals surface area (Å²) >= 11 is 0. The van der Waals surface area contributed by atoms with E-state index < -0.39 is 0 Å². The molecule has 0 saturated carbocycles. The minimum Gasteiger partial charge on any atom is -0.481 e. The van der Waals surface area contributed by atoms with E-state index in [1.165, 1.54) is 0 Å². The molecule has 3 heterocycles. The van der Waals surface area contributed by atoms with Crippen LogP contribution in [0.15, 0.2) is 36.7 Å². The molecule has 0 amide bonds. The standard InChI is InChI=1S/C13H12N4O/c1-17-6-5-10(16-17)9-7-12-11(14-8-9)3-4-13(15-12)18-2/h3-8H,1-2H3. The molecule has 0 aliphatic rings. The molecule has 0 unspecified atom stereocenters. The first-order valence-electron chi connectivity index (χ1n) is 5.57. The molecule has 0 bridgehead atoms. The van der Waals surface area contributed by atoms with Gasteiger partial charge in [0.05, 0.1) is 23.8 Å². The smallest absolute Gasteiger partial charge is 0.213 e. The van der Waals surface area contributed by atoms with Gasteiger partial charge in [-0.15, -0.1) is 0 Å². The van der Waals surface area contributed by atoms with E-state index in [1.807, 2.05) is 31.4 Å². The molecule has 0 fully saturated rings. The summed E-state index contributed by atoms with van der Waals surface area (Å²) < 4.78 is 6.88. The fourth-order valence-electron chi connectivity index (χ4n) is 1.81. The van der Waals surface area contributed by atoms with Crippen LogP contribution in [0.2, 0.25) is 0 Å². The minimum absolute atomic E-state index is 0.586. The Hall–Kier alpha value is -2.43. The first kappa shape index (κ1) is 10.7. The average molecular weight is 240 g/mol. The Balaban J connectivity index is 2.14. The Labute approximate surface area is 104 Å². The molecule has 0 atom stereocenters. The van der Waals surface area contributed by atoms with Gasteiger partial charge >= 0.3 is 0 Å². The lowest BCUT2D eigenvalue weighted by Gasteiger charge is -2.02. The Kier molecular flexibility index (Phi) is 2.44. The monoisotopic (exact) mass is 240 g/mol. The van der Waals surface area contributed by atoms with Crippen molar-refractivity contribution in [2.24, 2.45) is 7.05 Å². The first-order chi connectivity index (χ1) is 8.76. The minimum atomic E-state index is 0.586. The topological polar surface area (TPSA) is 52.8 Å². The zero-order valence-corrected chi connectivity index (χ0v) is 10.2. The van der Waals surface area contributed by atoms with Crippen LogP contribution in [0.5, 0.6) is 5.88 Å². The normalized spacial score (nSPS) is 10.8. The summed E-state index contributed by atoms with van der Waals surface area (Å²) in [4.78, 5) is 8.74. The van der Waals surface area contributed by atoms with Gasteiger partial charge in [-0.05, 0) is 18.2 Å². The lowest BCUT2D eigenvalue weighted by molar-refractivity contribution is 0.399. The quantitative estimate of drug-likeness (QED) is 0.687. The third-order valence-electron chi connectivity index (χ3n) is 2.73. The second kappa shape index (κ2) is 4.10. The molecule has 18 heavy (non-hydrogen) atoms. The Morgan fingerprint density at radius 3 is 2.78 bits per heavy atom. The number of hydrogen-bond donors (Lipinski definition) is 0. The molecule has 0 N–H and O–H groups in total. The number of rotatable bonds is 2. The molecule has 0 aliphatic carbocycles. The average Bonchev–Trinajstić information content (AvgIpc) is 2.84. The van der Waals surface area contributed by atoms with Gasteiger partial charge in [0.25, 0.3) is 0 Å². The Morgan fingerprint density at radius 1 is 1.17 bits per heavy atom. The fourth-order valence-corrected chi connectivity index (χ4v) is 1.81. The van der Waals surface area contributed by atoms with Crippen LogP contribution < -0.4 is 4.74 Å². The number of aryl methyl sites for hydroxylation is 1. The van der Waals surface area contributed by atoms with E-state index in [4.69, 9.17) is 4.74 Å². The highest BCUT2D eigenvalue weighted by molar-refractivity contribution is 5.79. The van der Waals surface area contributed by atoms with Crippen molar-refractivity contribution in [1.82, 2.24) is 19.7 Å². The summed E-state index contributed by atoms with van der Waals surface area (Å²) in [6.07, 6.45) is 3.71. The molecule has 0 aliphatic heterocycles. The number of nitrogens with zero attached hydrogens (tertiary/aromatic N) is 4. The maximum atomic E-state index is 5.11. The second-order valence-corrected chi connectivity index (χ2v) is 3.99. The van der Waals surface area contributed by atoms with E-state index in [2.05, 4.69) is 15.1 Å². The molecule has 5 heteroatoms. The van der Waals surface area contributed by atoms with Gasteiger partial charge in [0.1, 0.15) is 0 Å². The van der Waals surface area contributed by atoms with Crippen LogP contribution >= 0.6 is 0 Å². The van der Waals surface area contributed by atoms with Gasteiger partial charge in [-0.25, -0.2) is 4.98 Å². The van der Waals surface area contributed by atoms with Crippen LogP contribution in [0.1, 0.15) is 0 Å². The maximum absolute atomic E-state index is 5.11. The third-order valence-corrected chi connectivity index (χ3v) is 2.73. The largest absolute Gasteiger partial charge is 0.481 e. The summed E-state index contributed by atoms with van der Waals surface area (Å²) in [7, 11) is 3.49. The van der Waals surface area contributed by atoms with Gasteiger partial charge in [-0.1, -0.05) is 0 Å². The molecule has 3 aromatic rings. The van der Waals surface area contributed by atoms with Crippen molar-refractivity contribution in [3.8, 4) is 17.1 Å². The molecule has 0 radical (unpaired) electrons.